The zero-order chi connectivity index (χ0) is 19.6. The Balaban J connectivity index is 1.23. The number of anilines is 2. The maximum atomic E-state index is 12.9. The quantitative estimate of drug-likeness (QED) is 0.749. The first kappa shape index (κ1) is 17.7. The van der Waals surface area contributed by atoms with Crippen molar-refractivity contribution in [1.29, 1.82) is 0 Å². The van der Waals surface area contributed by atoms with E-state index in [1.54, 1.807) is 10.9 Å². The number of hydrogen-bond donors (Lipinski definition) is 1. The summed E-state index contributed by atoms with van der Waals surface area (Å²) in [7, 11) is 0. The fourth-order valence-electron chi connectivity index (χ4n) is 4.34. The molecule has 7 nitrogen and oxygen atoms in total. The van der Waals surface area contributed by atoms with Gasteiger partial charge in [0.2, 0.25) is 0 Å². The van der Waals surface area contributed by atoms with E-state index in [0.29, 0.717) is 18.4 Å². The van der Waals surface area contributed by atoms with Gasteiger partial charge in [0.1, 0.15) is 0 Å². The van der Waals surface area contributed by atoms with E-state index in [-0.39, 0.29) is 6.03 Å². The Labute approximate surface area is 169 Å². The Bertz CT molecular complexity index is 1000. The van der Waals surface area contributed by atoms with Gasteiger partial charge in [0.15, 0.2) is 5.82 Å². The number of urea groups is 1. The summed E-state index contributed by atoms with van der Waals surface area (Å²) in [4.78, 5) is 17.2. The Hall–Kier alpha value is -3.35. The lowest BCUT2D eigenvalue weighted by Crippen LogP contribution is -2.43. The van der Waals surface area contributed by atoms with Gasteiger partial charge in [-0.05, 0) is 30.0 Å². The van der Waals surface area contributed by atoms with Crippen molar-refractivity contribution in [2.45, 2.75) is 25.4 Å². The van der Waals surface area contributed by atoms with Crippen molar-refractivity contribution in [2.75, 3.05) is 29.9 Å². The van der Waals surface area contributed by atoms with Gasteiger partial charge in [0, 0.05) is 25.3 Å². The van der Waals surface area contributed by atoms with Crippen LogP contribution in [0.3, 0.4) is 0 Å². The van der Waals surface area contributed by atoms with Crippen molar-refractivity contribution in [3.8, 4) is 0 Å². The molecule has 29 heavy (non-hydrogen) atoms. The molecule has 1 fully saturated rings. The molecule has 0 radical (unpaired) electrons. The van der Waals surface area contributed by atoms with Crippen LogP contribution in [0.25, 0.3) is 0 Å². The van der Waals surface area contributed by atoms with Gasteiger partial charge in [-0.3, -0.25) is 5.32 Å². The van der Waals surface area contributed by atoms with Crippen LogP contribution in [0.1, 0.15) is 17.5 Å². The Morgan fingerprint density at radius 3 is 2.79 bits per heavy atom. The number of benzene rings is 2. The third kappa shape index (κ3) is 3.68. The lowest BCUT2D eigenvalue weighted by atomic mass is 10.1. The second kappa shape index (κ2) is 7.58. The standard InChI is InChI=1S/C22H24N6O/c29-22(23-21-16-27(25-24-21)14-17-7-2-1-3-8-17)26-11-6-12-28-19(15-26)13-18-9-4-5-10-20(18)28/h1-5,7-10,16,19H,6,11-15H2,(H,23,29). The third-order valence-corrected chi connectivity index (χ3v) is 5.70. The first-order chi connectivity index (χ1) is 14.3. The number of fused-ring (bicyclic) bond motifs is 3. The van der Waals surface area contributed by atoms with Crippen molar-refractivity contribution in [3.63, 3.8) is 0 Å². The summed E-state index contributed by atoms with van der Waals surface area (Å²) in [6.07, 6.45) is 3.73. The van der Waals surface area contributed by atoms with Crippen molar-refractivity contribution in [1.82, 2.24) is 19.9 Å². The van der Waals surface area contributed by atoms with Crippen LogP contribution in [-0.2, 0) is 13.0 Å². The molecule has 2 aliphatic heterocycles. The topological polar surface area (TPSA) is 66.3 Å². The van der Waals surface area contributed by atoms with Crippen molar-refractivity contribution >= 4 is 17.5 Å². The minimum absolute atomic E-state index is 0.102. The minimum atomic E-state index is -0.102. The summed E-state index contributed by atoms with van der Waals surface area (Å²) in [5.74, 6) is 0.488. The molecule has 2 aromatic carbocycles. The number of carbonyl (C=O) groups excluding carboxylic acids is 1. The van der Waals surface area contributed by atoms with Gasteiger partial charge in [0.25, 0.3) is 0 Å². The van der Waals surface area contributed by atoms with Gasteiger partial charge in [-0.25, -0.2) is 9.48 Å². The molecule has 0 saturated carbocycles. The summed E-state index contributed by atoms with van der Waals surface area (Å²) in [6, 6.07) is 18.9. The van der Waals surface area contributed by atoms with Crippen LogP contribution in [0.5, 0.6) is 0 Å². The van der Waals surface area contributed by atoms with E-state index in [1.807, 2.05) is 35.2 Å². The summed E-state index contributed by atoms with van der Waals surface area (Å²) < 4.78 is 1.74. The number of carbonyl (C=O) groups is 1. The second-order valence-electron chi connectivity index (χ2n) is 7.70. The van der Waals surface area contributed by atoms with Gasteiger partial charge in [-0.15, -0.1) is 5.10 Å². The SMILES string of the molecule is O=C(Nc1cn(Cc2ccccc2)nn1)N1CCCN2c3ccccc3CC2C1. The van der Waals surface area contributed by atoms with Gasteiger partial charge >= 0.3 is 6.03 Å². The zero-order valence-electron chi connectivity index (χ0n) is 16.2. The molecule has 2 aliphatic rings. The monoisotopic (exact) mass is 388 g/mol. The largest absolute Gasteiger partial charge is 0.366 e. The summed E-state index contributed by atoms with van der Waals surface area (Å²) in [6.45, 7) is 3.08. The highest BCUT2D eigenvalue weighted by atomic mass is 16.2. The fourth-order valence-corrected chi connectivity index (χ4v) is 4.34. The highest BCUT2D eigenvalue weighted by molar-refractivity contribution is 5.88. The molecule has 0 aliphatic carbocycles. The molecule has 0 bridgehead atoms. The second-order valence-corrected chi connectivity index (χ2v) is 7.70. The average molecular weight is 388 g/mol. The number of nitrogens with one attached hydrogen (secondary N) is 1. The molecule has 1 unspecified atom stereocenters. The number of nitrogens with zero attached hydrogens (tertiary/aromatic N) is 5. The maximum Gasteiger partial charge on any atom is 0.323 e. The Kier molecular flexibility index (Phi) is 4.63. The molecule has 1 saturated heterocycles. The highest BCUT2D eigenvalue weighted by Gasteiger charge is 2.33. The molecule has 2 amide bonds. The molecule has 0 spiro atoms. The first-order valence-electron chi connectivity index (χ1n) is 10.1. The molecule has 3 aromatic rings. The van der Waals surface area contributed by atoms with Crippen LogP contribution in [0.15, 0.2) is 60.8 Å². The van der Waals surface area contributed by atoms with Crippen LogP contribution in [0.2, 0.25) is 0 Å². The molecule has 1 aromatic heterocycles. The number of hydrogen-bond acceptors (Lipinski definition) is 4. The zero-order valence-corrected chi connectivity index (χ0v) is 16.2. The molecular formula is C22H24N6O. The number of rotatable bonds is 3. The predicted molar refractivity (Wildman–Crippen MR) is 112 cm³/mol. The smallest absolute Gasteiger partial charge is 0.323 e. The van der Waals surface area contributed by atoms with Gasteiger partial charge < -0.3 is 9.80 Å². The summed E-state index contributed by atoms with van der Waals surface area (Å²) in [5.41, 5.74) is 3.84. The number of para-hydroxylation sites is 1. The van der Waals surface area contributed by atoms with Crippen molar-refractivity contribution in [3.05, 3.63) is 71.9 Å². The van der Waals surface area contributed by atoms with Crippen LogP contribution < -0.4 is 10.2 Å². The fraction of sp³-hybridized carbons (Fsp3) is 0.318. The van der Waals surface area contributed by atoms with Crippen LogP contribution in [0.4, 0.5) is 16.3 Å². The average Bonchev–Trinajstić information content (AvgIpc) is 3.25. The lowest BCUT2D eigenvalue weighted by molar-refractivity contribution is 0.211. The molecular weight excluding hydrogens is 364 g/mol. The lowest BCUT2D eigenvalue weighted by Gasteiger charge is -2.27. The molecule has 7 heteroatoms. The Morgan fingerprint density at radius 2 is 1.90 bits per heavy atom. The number of amides is 2. The van der Waals surface area contributed by atoms with E-state index in [0.717, 1.165) is 38.0 Å². The first-order valence-corrected chi connectivity index (χ1v) is 10.1. The van der Waals surface area contributed by atoms with Crippen LogP contribution in [-0.4, -0.2) is 51.6 Å². The van der Waals surface area contributed by atoms with Gasteiger partial charge in [-0.1, -0.05) is 53.7 Å². The number of aromatic nitrogens is 3. The van der Waals surface area contributed by atoms with E-state index in [2.05, 4.69) is 44.8 Å². The molecule has 148 valence electrons. The summed E-state index contributed by atoms with van der Waals surface area (Å²) in [5, 5.41) is 11.2. The van der Waals surface area contributed by atoms with Crippen LogP contribution >= 0.6 is 0 Å². The van der Waals surface area contributed by atoms with E-state index in [1.165, 1.54) is 11.3 Å². The van der Waals surface area contributed by atoms with E-state index >= 15 is 0 Å². The summed E-state index contributed by atoms with van der Waals surface area (Å²) >= 11 is 0. The molecule has 5 rings (SSSR count). The van der Waals surface area contributed by atoms with E-state index < -0.39 is 0 Å². The van der Waals surface area contributed by atoms with Crippen molar-refractivity contribution in [2.24, 2.45) is 0 Å². The van der Waals surface area contributed by atoms with E-state index in [4.69, 9.17) is 0 Å². The molecule has 1 atom stereocenters. The normalized spacial score (nSPS) is 18.1. The van der Waals surface area contributed by atoms with Gasteiger partial charge in [0.05, 0.1) is 18.8 Å². The predicted octanol–water partition coefficient (Wildman–Crippen LogP) is 3.00. The van der Waals surface area contributed by atoms with Crippen LogP contribution in [0, 0.1) is 0 Å². The highest BCUT2D eigenvalue weighted by Crippen LogP contribution is 2.33. The maximum absolute atomic E-state index is 12.9. The van der Waals surface area contributed by atoms with Crippen molar-refractivity contribution < 1.29 is 4.79 Å². The Morgan fingerprint density at radius 1 is 1.07 bits per heavy atom. The van der Waals surface area contributed by atoms with E-state index in [9.17, 15) is 4.79 Å². The minimum Gasteiger partial charge on any atom is -0.366 e. The molecule has 1 N–H and O–H groups in total. The van der Waals surface area contributed by atoms with Gasteiger partial charge in [-0.2, -0.15) is 0 Å². The third-order valence-electron chi connectivity index (χ3n) is 5.70. The molecule has 3 heterocycles.